The van der Waals surface area contributed by atoms with Crippen LogP contribution in [-0.4, -0.2) is 30.8 Å². The number of carbonyl (C=O) groups excluding carboxylic acids is 1. The molecule has 0 fully saturated rings. The molecule has 0 aliphatic rings. The van der Waals surface area contributed by atoms with Gasteiger partial charge in [0, 0.05) is 19.3 Å². The third kappa shape index (κ3) is 2.69. The van der Waals surface area contributed by atoms with Crippen LogP contribution in [0.1, 0.15) is 9.67 Å². The Morgan fingerprint density at radius 1 is 1.41 bits per heavy atom. The number of rotatable bonds is 4. The first kappa shape index (κ1) is 13.9. The minimum absolute atomic E-state index is 0.110. The van der Waals surface area contributed by atoms with E-state index in [0.29, 0.717) is 5.69 Å². The van der Waals surface area contributed by atoms with Crippen molar-refractivity contribution in [1.29, 1.82) is 0 Å². The second-order valence-electron chi connectivity index (χ2n) is 4.14. The molecule has 0 spiro atoms. The molecular formula is C11H8N6O4S. The summed E-state index contributed by atoms with van der Waals surface area (Å²) in [6.45, 7) is 0. The zero-order chi connectivity index (χ0) is 15.7. The molecule has 22 heavy (non-hydrogen) atoms. The fourth-order valence-corrected chi connectivity index (χ4v) is 2.33. The number of thiophene rings is 1. The van der Waals surface area contributed by atoms with Crippen molar-refractivity contribution in [2.24, 2.45) is 7.05 Å². The monoisotopic (exact) mass is 320 g/mol. The van der Waals surface area contributed by atoms with E-state index in [0.717, 1.165) is 11.3 Å². The van der Waals surface area contributed by atoms with Crippen molar-refractivity contribution in [3.05, 3.63) is 39.4 Å². The largest absolute Gasteiger partial charge is 0.401 e. The Hall–Kier alpha value is -3.08. The number of carbonyl (C=O) groups is 1. The highest BCUT2D eigenvalue weighted by Crippen LogP contribution is 2.25. The van der Waals surface area contributed by atoms with Crippen molar-refractivity contribution in [2.75, 3.05) is 5.32 Å². The lowest BCUT2D eigenvalue weighted by molar-refractivity contribution is -0.380. The van der Waals surface area contributed by atoms with Crippen molar-refractivity contribution in [1.82, 2.24) is 20.0 Å². The van der Waals surface area contributed by atoms with E-state index in [4.69, 9.17) is 4.42 Å². The average molecular weight is 320 g/mol. The predicted octanol–water partition coefficient (Wildman–Crippen LogP) is 1.69. The van der Waals surface area contributed by atoms with Gasteiger partial charge in [-0.1, -0.05) is 16.4 Å². The summed E-state index contributed by atoms with van der Waals surface area (Å²) in [5, 5.41) is 24.4. The summed E-state index contributed by atoms with van der Waals surface area (Å²) < 4.78 is 6.84. The number of amides is 1. The Labute approximate surface area is 126 Å². The minimum atomic E-state index is -0.562. The van der Waals surface area contributed by atoms with E-state index in [1.54, 1.807) is 24.0 Å². The van der Waals surface area contributed by atoms with E-state index in [9.17, 15) is 14.9 Å². The van der Waals surface area contributed by atoms with E-state index < -0.39 is 10.8 Å². The minimum Gasteiger partial charge on any atom is -0.401 e. The molecule has 0 aromatic carbocycles. The zero-order valence-corrected chi connectivity index (χ0v) is 11.9. The molecule has 10 nitrogen and oxygen atoms in total. The van der Waals surface area contributed by atoms with Crippen molar-refractivity contribution in [3.63, 3.8) is 0 Å². The lowest BCUT2D eigenvalue weighted by Crippen LogP contribution is -2.10. The number of anilines is 1. The van der Waals surface area contributed by atoms with Gasteiger partial charge in [0.25, 0.3) is 11.8 Å². The number of nitro groups is 1. The highest BCUT2D eigenvalue weighted by atomic mass is 32.1. The maximum absolute atomic E-state index is 11.9. The average Bonchev–Trinajstić information content (AvgIpc) is 3.17. The summed E-state index contributed by atoms with van der Waals surface area (Å²) in [5.41, 5.74) is 0.474. The predicted molar refractivity (Wildman–Crippen MR) is 75.4 cm³/mol. The van der Waals surface area contributed by atoms with Gasteiger partial charge in [0.15, 0.2) is 0 Å². The molecule has 112 valence electrons. The lowest BCUT2D eigenvalue weighted by atomic mass is 10.4. The number of nitrogens with zero attached hydrogens (tertiary/aromatic N) is 5. The number of aryl methyl sites for hydroxylation is 1. The molecule has 0 bridgehead atoms. The van der Waals surface area contributed by atoms with E-state index in [1.807, 2.05) is 0 Å². The summed E-state index contributed by atoms with van der Waals surface area (Å²) in [6.07, 6.45) is 1.71. The first-order valence-corrected chi connectivity index (χ1v) is 6.73. The molecule has 0 aliphatic heterocycles. The Kier molecular flexibility index (Phi) is 3.39. The van der Waals surface area contributed by atoms with Gasteiger partial charge >= 0.3 is 11.0 Å². The third-order valence-electron chi connectivity index (χ3n) is 2.57. The molecule has 1 N–H and O–H groups in total. The van der Waals surface area contributed by atoms with Gasteiger partial charge in [-0.25, -0.2) is 0 Å². The zero-order valence-electron chi connectivity index (χ0n) is 11.1. The molecule has 3 aromatic heterocycles. The van der Waals surface area contributed by atoms with Gasteiger partial charge in [0.2, 0.25) is 0 Å². The molecule has 11 heteroatoms. The molecule has 0 unspecified atom stereocenters. The van der Waals surface area contributed by atoms with Crippen LogP contribution in [0.3, 0.4) is 0 Å². The number of aromatic nitrogens is 4. The molecule has 0 atom stereocenters. The van der Waals surface area contributed by atoms with Crippen LogP contribution in [0.4, 0.5) is 11.0 Å². The van der Waals surface area contributed by atoms with Gasteiger partial charge in [-0.15, -0.1) is 5.10 Å². The molecule has 3 aromatic rings. The van der Waals surface area contributed by atoms with Gasteiger partial charge in [-0.05, 0) is 12.1 Å². The lowest BCUT2D eigenvalue weighted by Gasteiger charge is -1.95. The van der Waals surface area contributed by atoms with Crippen LogP contribution in [0.25, 0.3) is 11.6 Å². The van der Waals surface area contributed by atoms with E-state index in [2.05, 4.69) is 20.6 Å². The fourth-order valence-electron chi connectivity index (χ4n) is 1.61. The number of hydrogen-bond donors (Lipinski definition) is 1. The molecule has 0 radical (unpaired) electrons. The van der Waals surface area contributed by atoms with Crippen LogP contribution < -0.4 is 5.32 Å². The second kappa shape index (κ2) is 5.37. The quantitative estimate of drug-likeness (QED) is 0.572. The van der Waals surface area contributed by atoms with Crippen molar-refractivity contribution in [2.45, 2.75) is 0 Å². The summed E-state index contributed by atoms with van der Waals surface area (Å²) in [5.74, 6) is -0.401. The van der Waals surface area contributed by atoms with E-state index in [-0.39, 0.29) is 21.8 Å². The number of nitrogens with one attached hydrogen (secondary N) is 1. The summed E-state index contributed by atoms with van der Waals surface area (Å²) >= 11 is 0.758. The van der Waals surface area contributed by atoms with Gasteiger partial charge in [0.1, 0.15) is 5.69 Å². The highest BCUT2D eigenvalue weighted by molar-refractivity contribution is 7.17. The molecule has 3 heterocycles. The molecule has 0 saturated carbocycles. The maximum Gasteiger partial charge on any atom is 0.324 e. The molecule has 3 rings (SSSR count). The van der Waals surface area contributed by atoms with Crippen molar-refractivity contribution in [3.8, 4) is 11.6 Å². The van der Waals surface area contributed by atoms with Gasteiger partial charge in [-0.2, -0.15) is 5.10 Å². The molecule has 0 saturated heterocycles. The normalized spacial score (nSPS) is 10.6. The van der Waals surface area contributed by atoms with Crippen molar-refractivity contribution < 1.29 is 14.1 Å². The molecule has 0 aliphatic carbocycles. The topological polar surface area (TPSA) is 129 Å². The first-order valence-electron chi connectivity index (χ1n) is 5.92. The van der Waals surface area contributed by atoms with Gasteiger partial charge in [-0.3, -0.25) is 24.9 Å². The summed E-state index contributed by atoms with van der Waals surface area (Å²) in [4.78, 5) is 22.1. The molecular weight excluding hydrogens is 312 g/mol. The molecule has 1 amide bonds. The van der Waals surface area contributed by atoms with Gasteiger partial charge < -0.3 is 4.42 Å². The Bertz CT molecular complexity index is 850. The van der Waals surface area contributed by atoms with Crippen molar-refractivity contribution >= 4 is 28.3 Å². The van der Waals surface area contributed by atoms with Crippen LogP contribution in [-0.2, 0) is 7.05 Å². The SMILES string of the molecule is Cn1ccc(-c2nnc(NC(=O)c3ccc([N+](=O)[O-])s3)o2)n1. The summed E-state index contributed by atoms with van der Waals surface area (Å²) in [7, 11) is 1.74. The first-order chi connectivity index (χ1) is 10.5. The highest BCUT2D eigenvalue weighted by Gasteiger charge is 2.18. The second-order valence-corrected chi connectivity index (χ2v) is 5.20. The fraction of sp³-hybridized carbons (Fsp3) is 0.0909. The van der Waals surface area contributed by atoms with Crippen LogP contribution >= 0.6 is 11.3 Å². The van der Waals surface area contributed by atoms with E-state index in [1.165, 1.54) is 12.1 Å². The van der Waals surface area contributed by atoms with Crippen LogP contribution in [0.15, 0.2) is 28.8 Å². The Morgan fingerprint density at radius 2 is 2.23 bits per heavy atom. The van der Waals surface area contributed by atoms with Crippen LogP contribution in [0.5, 0.6) is 0 Å². The Balaban J connectivity index is 1.74. The Morgan fingerprint density at radius 3 is 2.86 bits per heavy atom. The smallest absolute Gasteiger partial charge is 0.324 e. The van der Waals surface area contributed by atoms with E-state index >= 15 is 0 Å². The van der Waals surface area contributed by atoms with Crippen LogP contribution in [0, 0.1) is 10.1 Å². The van der Waals surface area contributed by atoms with Gasteiger partial charge in [0.05, 0.1) is 9.80 Å². The maximum atomic E-state index is 11.9. The third-order valence-corrected chi connectivity index (χ3v) is 3.61. The standard InChI is InChI=1S/C11H8N6O4S/c1-16-5-4-6(15-16)10-13-14-11(21-10)12-9(18)7-2-3-8(22-7)17(19)20/h2-5H,1H3,(H,12,14,18). The summed E-state index contributed by atoms with van der Waals surface area (Å²) in [6, 6.07) is 4.18. The number of hydrogen-bond acceptors (Lipinski definition) is 8. The van der Waals surface area contributed by atoms with Crippen LogP contribution in [0.2, 0.25) is 0 Å².